The van der Waals surface area contributed by atoms with E-state index >= 15 is 0 Å². The first kappa shape index (κ1) is 25.3. The molecule has 1 aliphatic rings. The maximum absolute atomic E-state index is 10.8. The number of aromatic nitrogens is 3. The minimum absolute atomic E-state index is 0.0935. The predicted octanol–water partition coefficient (Wildman–Crippen LogP) is 5.55. The van der Waals surface area contributed by atoms with Gasteiger partial charge in [0.2, 0.25) is 0 Å². The molecule has 2 atom stereocenters. The van der Waals surface area contributed by atoms with Crippen LogP contribution in [0.4, 0.5) is 11.5 Å². The highest BCUT2D eigenvalue weighted by Crippen LogP contribution is 2.46. The van der Waals surface area contributed by atoms with E-state index < -0.39 is 6.23 Å². The zero-order valence-corrected chi connectivity index (χ0v) is 22.6. The van der Waals surface area contributed by atoms with Crippen molar-refractivity contribution in [1.29, 1.82) is 0 Å². The molecule has 1 aromatic carbocycles. The van der Waals surface area contributed by atoms with Gasteiger partial charge in [-0.2, -0.15) is 0 Å². The fourth-order valence-electron chi connectivity index (χ4n) is 4.51. The number of fused-ring (bicyclic) bond motifs is 3. The molecule has 0 fully saturated rings. The molecule has 0 saturated heterocycles. The number of hydrogen-bond donors (Lipinski definition) is 2. The molecule has 1 unspecified atom stereocenters. The summed E-state index contributed by atoms with van der Waals surface area (Å²) in [4.78, 5) is 19.8. The smallest absolute Gasteiger partial charge is 0.145 e. The number of nitrogens with zero attached hydrogens (tertiary/aromatic N) is 5. The summed E-state index contributed by atoms with van der Waals surface area (Å²) in [6.07, 6.45) is 6.55. The SMILES string of the molecule is Cc1ccc(Oc2ccc(Nc3ncnc4sc5c(c34)CN(C(O)/C=C/CN(C)C)[C@H]5C)cc2C)cn1. The first-order valence-corrected chi connectivity index (χ1v) is 13.1. The van der Waals surface area contributed by atoms with E-state index in [0.29, 0.717) is 12.3 Å². The predicted molar refractivity (Wildman–Crippen MR) is 149 cm³/mol. The summed E-state index contributed by atoms with van der Waals surface area (Å²) in [6.45, 7) is 7.53. The van der Waals surface area contributed by atoms with E-state index in [4.69, 9.17) is 4.74 Å². The van der Waals surface area contributed by atoms with Gasteiger partial charge in [0, 0.05) is 35.4 Å². The second-order valence-corrected chi connectivity index (χ2v) is 10.7. The molecule has 0 aliphatic carbocycles. The molecule has 5 rings (SSSR count). The minimum Gasteiger partial charge on any atom is -0.455 e. The molecule has 3 aromatic heterocycles. The molecule has 0 bridgehead atoms. The van der Waals surface area contributed by atoms with Crippen molar-refractivity contribution in [3.8, 4) is 11.5 Å². The fraction of sp³-hybridized carbons (Fsp3) is 0.321. The zero-order chi connectivity index (χ0) is 26.1. The van der Waals surface area contributed by atoms with Gasteiger partial charge in [-0.1, -0.05) is 6.08 Å². The van der Waals surface area contributed by atoms with Crippen LogP contribution < -0.4 is 10.1 Å². The van der Waals surface area contributed by atoms with Crippen molar-refractivity contribution < 1.29 is 9.84 Å². The van der Waals surface area contributed by atoms with Gasteiger partial charge in [0.1, 0.15) is 34.7 Å². The van der Waals surface area contributed by atoms with Gasteiger partial charge in [0.25, 0.3) is 0 Å². The third-order valence-corrected chi connectivity index (χ3v) is 7.81. The highest BCUT2D eigenvalue weighted by atomic mass is 32.1. The van der Waals surface area contributed by atoms with Gasteiger partial charge in [-0.25, -0.2) is 9.97 Å². The standard InChI is InChI=1S/C28H32N6O2S/c1-17-13-20(9-11-23(17)36-21-10-8-18(2)29-14-21)32-27-25-22-15-34(24(35)7-6-12-33(4)5)19(3)26(22)37-28(25)31-16-30-27/h6-11,13-14,16,19,24,35H,12,15H2,1-5H3,(H,30,31,32)/b7-6+/t19-,24?/m0/s1. The van der Waals surface area contributed by atoms with E-state index in [1.807, 2.05) is 70.4 Å². The first-order valence-electron chi connectivity index (χ1n) is 12.3. The van der Waals surface area contributed by atoms with Gasteiger partial charge in [0.05, 0.1) is 11.6 Å². The molecule has 0 radical (unpaired) electrons. The van der Waals surface area contributed by atoms with Crippen molar-refractivity contribution >= 4 is 33.1 Å². The Bertz CT molecular complexity index is 1430. The van der Waals surface area contributed by atoms with Crippen molar-refractivity contribution in [2.75, 3.05) is 26.0 Å². The van der Waals surface area contributed by atoms with Crippen LogP contribution in [0.15, 0.2) is 55.0 Å². The fourth-order valence-corrected chi connectivity index (χ4v) is 5.74. The average molecular weight is 517 g/mol. The van der Waals surface area contributed by atoms with Gasteiger partial charge < -0.3 is 20.1 Å². The lowest BCUT2D eigenvalue weighted by molar-refractivity contribution is 0.0185. The molecule has 0 amide bonds. The lowest BCUT2D eigenvalue weighted by Gasteiger charge is -2.25. The summed E-state index contributed by atoms with van der Waals surface area (Å²) in [5, 5.41) is 15.4. The number of thiophene rings is 1. The number of likely N-dealkylation sites (N-methyl/N-ethyl adjacent to an activating group) is 1. The maximum Gasteiger partial charge on any atom is 0.145 e. The molecule has 2 N–H and O–H groups in total. The van der Waals surface area contributed by atoms with Crippen LogP contribution in [-0.2, 0) is 6.54 Å². The molecule has 4 heterocycles. The van der Waals surface area contributed by atoms with Crippen LogP contribution >= 0.6 is 11.3 Å². The quantitative estimate of drug-likeness (QED) is 0.295. The highest BCUT2D eigenvalue weighted by Gasteiger charge is 2.35. The van der Waals surface area contributed by atoms with Crippen molar-refractivity contribution in [2.24, 2.45) is 0 Å². The number of hydrogen-bond acceptors (Lipinski definition) is 9. The molecule has 4 aromatic rings. The van der Waals surface area contributed by atoms with Crippen LogP contribution in [0, 0.1) is 13.8 Å². The molecule has 37 heavy (non-hydrogen) atoms. The van der Waals surface area contributed by atoms with E-state index in [-0.39, 0.29) is 6.04 Å². The Kier molecular flexibility index (Phi) is 7.21. The zero-order valence-electron chi connectivity index (χ0n) is 21.8. The molecular formula is C28H32N6O2S. The third kappa shape index (κ3) is 5.35. The Hall–Kier alpha value is -3.37. The third-order valence-electron chi connectivity index (χ3n) is 6.50. The van der Waals surface area contributed by atoms with E-state index in [2.05, 4.69) is 37.0 Å². The van der Waals surface area contributed by atoms with Crippen molar-refractivity contribution in [3.63, 3.8) is 0 Å². The Morgan fingerprint density at radius 3 is 2.78 bits per heavy atom. The van der Waals surface area contributed by atoms with Gasteiger partial charge >= 0.3 is 0 Å². The molecular weight excluding hydrogens is 484 g/mol. The average Bonchev–Trinajstić information content (AvgIpc) is 3.39. The van der Waals surface area contributed by atoms with Crippen LogP contribution in [0.25, 0.3) is 10.2 Å². The summed E-state index contributed by atoms with van der Waals surface area (Å²) in [7, 11) is 4.02. The Labute approximate surface area is 221 Å². The molecule has 1 aliphatic heterocycles. The van der Waals surface area contributed by atoms with Crippen LogP contribution in [0.3, 0.4) is 0 Å². The van der Waals surface area contributed by atoms with Gasteiger partial charge in [-0.3, -0.25) is 9.88 Å². The number of nitrogens with one attached hydrogen (secondary N) is 1. The summed E-state index contributed by atoms with van der Waals surface area (Å²) in [5.41, 5.74) is 4.05. The van der Waals surface area contributed by atoms with Crippen molar-refractivity contribution in [1.82, 2.24) is 24.8 Å². The lowest BCUT2D eigenvalue weighted by atomic mass is 10.1. The Morgan fingerprint density at radius 2 is 2.05 bits per heavy atom. The molecule has 0 spiro atoms. The van der Waals surface area contributed by atoms with E-state index in [1.54, 1.807) is 23.9 Å². The van der Waals surface area contributed by atoms with Crippen molar-refractivity contribution in [2.45, 2.75) is 39.6 Å². The topological polar surface area (TPSA) is 86.6 Å². The van der Waals surface area contributed by atoms with E-state index in [0.717, 1.165) is 45.3 Å². The number of aliphatic hydroxyl groups is 1. The number of ether oxygens (including phenoxy) is 1. The van der Waals surface area contributed by atoms with Crippen molar-refractivity contribution in [3.05, 3.63) is 76.7 Å². The monoisotopic (exact) mass is 516 g/mol. The second kappa shape index (κ2) is 10.5. The van der Waals surface area contributed by atoms with E-state index in [9.17, 15) is 5.11 Å². The second-order valence-electron chi connectivity index (χ2n) is 9.64. The van der Waals surface area contributed by atoms with Crippen LogP contribution in [0.1, 0.15) is 34.7 Å². The van der Waals surface area contributed by atoms with Crippen LogP contribution in [0.2, 0.25) is 0 Å². The van der Waals surface area contributed by atoms with Gasteiger partial charge in [-0.05, 0) is 82.4 Å². The highest BCUT2D eigenvalue weighted by molar-refractivity contribution is 7.19. The van der Waals surface area contributed by atoms with E-state index in [1.165, 1.54) is 10.4 Å². The number of anilines is 2. The van der Waals surface area contributed by atoms with Crippen LogP contribution in [-0.4, -0.2) is 56.7 Å². The Morgan fingerprint density at radius 1 is 1.22 bits per heavy atom. The number of aliphatic hydroxyl groups excluding tert-OH is 1. The number of rotatable bonds is 8. The van der Waals surface area contributed by atoms with Gasteiger partial charge in [-0.15, -0.1) is 11.3 Å². The number of benzene rings is 1. The molecule has 9 heteroatoms. The first-order chi connectivity index (χ1) is 17.8. The summed E-state index contributed by atoms with van der Waals surface area (Å²) in [6, 6.07) is 9.93. The minimum atomic E-state index is -0.649. The summed E-state index contributed by atoms with van der Waals surface area (Å²) in [5.74, 6) is 2.25. The molecule has 0 saturated carbocycles. The molecule has 192 valence electrons. The summed E-state index contributed by atoms with van der Waals surface area (Å²) < 4.78 is 6.02. The largest absolute Gasteiger partial charge is 0.455 e. The number of aryl methyl sites for hydroxylation is 2. The molecule has 8 nitrogen and oxygen atoms in total. The number of pyridine rings is 1. The van der Waals surface area contributed by atoms with Crippen LogP contribution in [0.5, 0.6) is 11.5 Å². The normalized spacial score (nSPS) is 16.6. The Balaban J connectivity index is 1.37. The maximum atomic E-state index is 10.8. The van der Waals surface area contributed by atoms with Gasteiger partial charge in [0.15, 0.2) is 0 Å². The summed E-state index contributed by atoms with van der Waals surface area (Å²) >= 11 is 1.67. The lowest BCUT2D eigenvalue weighted by Crippen LogP contribution is -2.31.